The number of amides is 3. The molecule has 30 heavy (non-hydrogen) atoms. The van der Waals surface area contributed by atoms with Gasteiger partial charge in [0.1, 0.15) is 6.04 Å². The Morgan fingerprint density at radius 3 is 2.63 bits per heavy atom. The summed E-state index contributed by atoms with van der Waals surface area (Å²) in [6, 6.07) is 13.0. The van der Waals surface area contributed by atoms with Crippen LogP contribution < -0.4 is 10.6 Å². The largest absolute Gasteiger partial charge is 0.354 e. The van der Waals surface area contributed by atoms with Crippen LogP contribution in [-0.4, -0.2) is 41.8 Å². The second kappa shape index (κ2) is 9.76. The fourth-order valence-electron chi connectivity index (χ4n) is 3.44. The molecule has 6 nitrogen and oxygen atoms in total. The highest BCUT2D eigenvalue weighted by atomic mass is 35.5. The minimum absolute atomic E-state index is 0.113. The maximum Gasteiger partial charge on any atom is 0.257 e. The Balaban J connectivity index is 1.72. The van der Waals surface area contributed by atoms with Crippen molar-refractivity contribution < 1.29 is 14.4 Å². The van der Waals surface area contributed by atoms with Crippen LogP contribution in [0.25, 0.3) is 0 Å². The molecule has 158 valence electrons. The molecular formula is C23H26ClN3O3. The lowest BCUT2D eigenvalue weighted by atomic mass is 10.1. The summed E-state index contributed by atoms with van der Waals surface area (Å²) in [7, 11) is 0. The molecule has 2 N–H and O–H groups in total. The van der Waals surface area contributed by atoms with Gasteiger partial charge in [-0.3, -0.25) is 14.4 Å². The van der Waals surface area contributed by atoms with Crippen LogP contribution in [0.5, 0.6) is 0 Å². The van der Waals surface area contributed by atoms with Crippen molar-refractivity contribution in [1.29, 1.82) is 0 Å². The molecule has 3 amide bonds. The van der Waals surface area contributed by atoms with Crippen molar-refractivity contribution in [3.05, 3.63) is 64.7 Å². The zero-order chi connectivity index (χ0) is 21.7. The maximum absolute atomic E-state index is 13.1. The molecule has 0 spiro atoms. The quantitative estimate of drug-likeness (QED) is 0.732. The van der Waals surface area contributed by atoms with E-state index >= 15 is 0 Å². The van der Waals surface area contributed by atoms with Crippen molar-refractivity contribution >= 4 is 35.0 Å². The Morgan fingerprint density at radius 1 is 1.13 bits per heavy atom. The lowest BCUT2D eigenvalue weighted by Crippen LogP contribution is -2.46. The fraction of sp³-hybridized carbons (Fsp3) is 0.348. The summed E-state index contributed by atoms with van der Waals surface area (Å²) >= 11 is 6.08. The first-order valence-electron chi connectivity index (χ1n) is 10.1. The first-order valence-corrected chi connectivity index (χ1v) is 10.5. The van der Waals surface area contributed by atoms with Gasteiger partial charge in [0.15, 0.2) is 0 Å². The summed E-state index contributed by atoms with van der Waals surface area (Å²) in [4.78, 5) is 39.7. The van der Waals surface area contributed by atoms with Crippen molar-refractivity contribution in [2.24, 2.45) is 5.92 Å². The van der Waals surface area contributed by atoms with Crippen LogP contribution in [0, 0.1) is 5.92 Å². The highest BCUT2D eigenvalue weighted by Gasteiger charge is 2.34. The van der Waals surface area contributed by atoms with E-state index in [-0.39, 0.29) is 17.7 Å². The van der Waals surface area contributed by atoms with E-state index in [0.717, 1.165) is 6.42 Å². The zero-order valence-electron chi connectivity index (χ0n) is 17.2. The SMILES string of the molecule is CC(C)CNC(=O)C1CCCN1C(=O)c1cccc(NC(=O)c2ccccc2Cl)c1. The highest BCUT2D eigenvalue weighted by Crippen LogP contribution is 2.23. The Morgan fingerprint density at radius 2 is 1.90 bits per heavy atom. The van der Waals surface area contributed by atoms with Crippen molar-refractivity contribution in [1.82, 2.24) is 10.2 Å². The Labute approximate surface area is 181 Å². The van der Waals surface area contributed by atoms with Crippen molar-refractivity contribution in [3.63, 3.8) is 0 Å². The molecule has 0 aliphatic carbocycles. The molecule has 0 bridgehead atoms. The average Bonchev–Trinajstić information content (AvgIpc) is 3.22. The monoisotopic (exact) mass is 427 g/mol. The fourth-order valence-corrected chi connectivity index (χ4v) is 3.67. The molecule has 7 heteroatoms. The molecule has 2 aromatic carbocycles. The predicted octanol–water partition coefficient (Wildman–Crippen LogP) is 3.97. The molecule has 0 saturated carbocycles. The van der Waals surface area contributed by atoms with Gasteiger partial charge in [-0.1, -0.05) is 43.6 Å². The van der Waals surface area contributed by atoms with Crippen LogP contribution >= 0.6 is 11.6 Å². The normalized spacial score (nSPS) is 15.9. The number of anilines is 1. The molecule has 1 heterocycles. The van der Waals surface area contributed by atoms with E-state index in [2.05, 4.69) is 10.6 Å². The number of rotatable bonds is 6. The third kappa shape index (κ3) is 5.19. The molecule has 1 saturated heterocycles. The number of carbonyl (C=O) groups excluding carboxylic acids is 3. The molecule has 1 aliphatic rings. The van der Waals surface area contributed by atoms with Crippen LogP contribution in [0.4, 0.5) is 5.69 Å². The number of halogens is 1. The maximum atomic E-state index is 13.1. The van der Waals surface area contributed by atoms with Gasteiger partial charge < -0.3 is 15.5 Å². The third-order valence-electron chi connectivity index (χ3n) is 4.99. The molecule has 1 fully saturated rings. The van der Waals surface area contributed by atoms with Gasteiger partial charge in [0, 0.05) is 24.3 Å². The van der Waals surface area contributed by atoms with Crippen LogP contribution in [0.1, 0.15) is 47.4 Å². The van der Waals surface area contributed by atoms with E-state index in [1.165, 1.54) is 0 Å². The van der Waals surface area contributed by atoms with Crippen LogP contribution in [0.15, 0.2) is 48.5 Å². The van der Waals surface area contributed by atoms with Gasteiger partial charge in [-0.2, -0.15) is 0 Å². The molecule has 0 aromatic heterocycles. The Bertz CT molecular complexity index is 945. The summed E-state index contributed by atoms with van der Waals surface area (Å²) in [5, 5.41) is 6.05. The first kappa shape index (κ1) is 21.8. The minimum Gasteiger partial charge on any atom is -0.354 e. The summed E-state index contributed by atoms with van der Waals surface area (Å²) in [5.74, 6) is -0.334. The van der Waals surface area contributed by atoms with Crippen molar-refractivity contribution in [3.8, 4) is 0 Å². The number of benzene rings is 2. The van der Waals surface area contributed by atoms with Crippen LogP contribution in [-0.2, 0) is 4.79 Å². The van der Waals surface area contributed by atoms with Gasteiger partial charge in [-0.25, -0.2) is 0 Å². The van der Waals surface area contributed by atoms with E-state index in [4.69, 9.17) is 11.6 Å². The second-order valence-corrected chi connectivity index (χ2v) is 8.22. The van der Waals surface area contributed by atoms with Crippen LogP contribution in [0.3, 0.4) is 0 Å². The standard InChI is InChI=1S/C23H26ClN3O3/c1-15(2)14-25-22(29)20-11-6-12-27(20)23(30)16-7-5-8-17(13-16)26-21(28)18-9-3-4-10-19(18)24/h3-5,7-10,13,15,20H,6,11-12,14H2,1-2H3,(H,25,29)(H,26,28). The van der Waals surface area contributed by atoms with Gasteiger partial charge in [0.25, 0.3) is 11.8 Å². The predicted molar refractivity (Wildman–Crippen MR) is 118 cm³/mol. The highest BCUT2D eigenvalue weighted by molar-refractivity contribution is 6.34. The van der Waals surface area contributed by atoms with Gasteiger partial charge >= 0.3 is 0 Å². The van der Waals surface area contributed by atoms with E-state index in [1.54, 1.807) is 53.4 Å². The van der Waals surface area contributed by atoms with E-state index in [1.807, 2.05) is 13.8 Å². The average molecular weight is 428 g/mol. The molecule has 0 radical (unpaired) electrons. The molecule has 3 rings (SSSR count). The van der Waals surface area contributed by atoms with E-state index in [9.17, 15) is 14.4 Å². The molecular weight excluding hydrogens is 402 g/mol. The topological polar surface area (TPSA) is 78.5 Å². The number of likely N-dealkylation sites (tertiary alicyclic amines) is 1. The lowest BCUT2D eigenvalue weighted by molar-refractivity contribution is -0.125. The number of carbonyl (C=O) groups is 3. The Kier molecular flexibility index (Phi) is 7.11. The summed E-state index contributed by atoms with van der Waals surface area (Å²) in [6.07, 6.45) is 1.44. The summed E-state index contributed by atoms with van der Waals surface area (Å²) in [5.41, 5.74) is 1.28. The summed E-state index contributed by atoms with van der Waals surface area (Å²) in [6.45, 7) is 5.18. The molecule has 1 unspecified atom stereocenters. The number of nitrogens with one attached hydrogen (secondary N) is 2. The van der Waals surface area contributed by atoms with E-state index < -0.39 is 6.04 Å². The molecule has 1 aliphatic heterocycles. The van der Waals surface area contributed by atoms with Crippen molar-refractivity contribution in [2.75, 3.05) is 18.4 Å². The van der Waals surface area contributed by atoms with Crippen molar-refractivity contribution in [2.45, 2.75) is 32.7 Å². The van der Waals surface area contributed by atoms with Crippen LogP contribution in [0.2, 0.25) is 5.02 Å². The van der Waals surface area contributed by atoms with Gasteiger partial charge in [-0.15, -0.1) is 0 Å². The zero-order valence-corrected chi connectivity index (χ0v) is 17.9. The summed E-state index contributed by atoms with van der Waals surface area (Å²) < 4.78 is 0. The number of nitrogens with zero attached hydrogens (tertiary/aromatic N) is 1. The first-order chi connectivity index (χ1) is 14.4. The minimum atomic E-state index is -0.461. The van der Waals surface area contributed by atoms with Gasteiger partial charge in [-0.05, 0) is 49.1 Å². The van der Waals surface area contributed by atoms with E-state index in [0.29, 0.717) is 47.3 Å². The smallest absolute Gasteiger partial charge is 0.257 e. The number of hydrogen-bond acceptors (Lipinski definition) is 3. The molecule has 2 aromatic rings. The molecule has 1 atom stereocenters. The Hall–Kier alpha value is -2.86. The number of hydrogen-bond donors (Lipinski definition) is 2. The second-order valence-electron chi connectivity index (χ2n) is 7.81. The lowest BCUT2D eigenvalue weighted by Gasteiger charge is -2.24. The third-order valence-corrected chi connectivity index (χ3v) is 5.32. The van der Waals surface area contributed by atoms with Gasteiger partial charge in [0.05, 0.1) is 10.6 Å². The van der Waals surface area contributed by atoms with Gasteiger partial charge in [0.2, 0.25) is 5.91 Å².